The van der Waals surface area contributed by atoms with E-state index in [9.17, 15) is 9.36 Å². The summed E-state index contributed by atoms with van der Waals surface area (Å²) in [6, 6.07) is 21.3. The average Bonchev–Trinajstić information content (AvgIpc) is 2.73. The molecule has 1 atom stereocenters. The Morgan fingerprint density at radius 2 is 1.34 bits per heavy atom. The van der Waals surface area contributed by atoms with Crippen molar-refractivity contribution >= 4 is 39.6 Å². The molecule has 0 radical (unpaired) electrons. The summed E-state index contributed by atoms with van der Waals surface area (Å²) < 4.78 is 44.9. The highest BCUT2D eigenvalue weighted by atomic mass is 79.9. The van der Waals surface area contributed by atoms with E-state index < -0.39 is 25.0 Å². The van der Waals surface area contributed by atoms with Crippen molar-refractivity contribution in [3.05, 3.63) is 95.0 Å². The van der Waals surface area contributed by atoms with E-state index in [2.05, 4.69) is 21.0 Å². The Morgan fingerprint density at radius 1 is 0.897 bits per heavy atom. The maximum atomic E-state index is 15.0. The molecule has 3 aromatic carbocycles. The predicted molar refractivity (Wildman–Crippen MR) is 115 cm³/mol. The summed E-state index contributed by atoms with van der Waals surface area (Å²) in [7, 11) is -3.69. The van der Waals surface area contributed by atoms with E-state index in [-0.39, 0.29) is 5.56 Å². The van der Waals surface area contributed by atoms with Crippen molar-refractivity contribution in [3.63, 3.8) is 0 Å². The van der Waals surface area contributed by atoms with Crippen molar-refractivity contribution < 1.29 is 18.1 Å². The highest BCUT2D eigenvalue weighted by molar-refractivity contribution is 9.10. The average molecular weight is 478 g/mol. The van der Waals surface area contributed by atoms with Crippen molar-refractivity contribution in [3.8, 4) is 0 Å². The third-order valence-corrected chi connectivity index (χ3v) is 7.79. The minimum atomic E-state index is -3.76. The molecule has 3 nitrogen and oxygen atoms in total. The van der Waals surface area contributed by atoms with Crippen LogP contribution in [0.25, 0.3) is 0 Å². The van der Waals surface area contributed by atoms with Gasteiger partial charge in [-0.3, -0.25) is 9.36 Å². The highest BCUT2D eigenvalue weighted by Crippen LogP contribution is 2.46. The lowest BCUT2D eigenvalue weighted by Crippen LogP contribution is -2.44. The molecule has 0 amide bonds. The van der Waals surface area contributed by atoms with Gasteiger partial charge in [0.15, 0.2) is 0 Å². The van der Waals surface area contributed by atoms with E-state index >= 15 is 8.78 Å². The Morgan fingerprint density at radius 3 is 1.76 bits per heavy atom. The molecule has 0 aliphatic heterocycles. The monoisotopic (exact) mass is 477 g/mol. The number of benzene rings is 3. The van der Waals surface area contributed by atoms with E-state index in [4.69, 9.17) is 0 Å². The van der Waals surface area contributed by atoms with Crippen molar-refractivity contribution in [1.82, 2.24) is 5.09 Å². The molecule has 3 rings (SSSR count). The standard InChI is InChI=1S/C22H19BrF2NO2P/c1-16(27)22(24,25)21(17-12-14-18(23)15-13-17)26-29(28,19-8-4-2-5-9-19)20-10-6-3-7-11-20/h2-15,21H,1H3,(H,26,28). The number of carbonyl (C=O) groups excluding carboxylic acids is 1. The summed E-state index contributed by atoms with van der Waals surface area (Å²) in [5.41, 5.74) is 0.167. The lowest BCUT2D eigenvalue weighted by Gasteiger charge is -2.31. The van der Waals surface area contributed by atoms with Gasteiger partial charge in [-0.25, -0.2) is 5.09 Å². The Labute approximate surface area is 176 Å². The van der Waals surface area contributed by atoms with Gasteiger partial charge in [0.05, 0.1) is 0 Å². The summed E-state index contributed by atoms with van der Waals surface area (Å²) in [6.07, 6.45) is 0. The number of nitrogens with one attached hydrogen (secondary N) is 1. The van der Waals surface area contributed by atoms with Crippen LogP contribution in [0.5, 0.6) is 0 Å². The number of Topliss-reactive ketones (excluding diaryl/α,β-unsaturated/α-hetero) is 1. The minimum Gasteiger partial charge on any atom is -0.296 e. The molecule has 3 aromatic rings. The molecule has 0 fully saturated rings. The van der Waals surface area contributed by atoms with Gasteiger partial charge < -0.3 is 0 Å². The molecule has 1 N–H and O–H groups in total. The number of carbonyl (C=O) groups is 1. The first-order valence-corrected chi connectivity index (χ1v) is 11.4. The summed E-state index contributed by atoms with van der Waals surface area (Å²) in [5.74, 6) is -5.06. The second kappa shape index (κ2) is 8.70. The molecular formula is C22H19BrF2NO2P. The first-order valence-electron chi connectivity index (χ1n) is 8.88. The number of rotatable bonds is 7. The van der Waals surface area contributed by atoms with E-state index in [0.29, 0.717) is 15.1 Å². The molecule has 0 bridgehead atoms. The molecule has 150 valence electrons. The van der Waals surface area contributed by atoms with E-state index in [0.717, 1.165) is 6.92 Å². The Balaban J connectivity index is 2.17. The van der Waals surface area contributed by atoms with Crippen LogP contribution in [0.3, 0.4) is 0 Å². The SMILES string of the molecule is CC(=O)C(F)(F)C(NP(=O)(c1ccccc1)c1ccccc1)c1ccc(Br)cc1. The zero-order chi connectivity index (χ0) is 21.1. The fourth-order valence-electron chi connectivity index (χ4n) is 2.98. The van der Waals surface area contributed by atoms with Gasteiger partial charge in [-0.1, -0.05) is 64.5 Å². The number of halogens is 3. The number of hydrogen-bond donors (Lipinski definition) is 1. The molecule has 0 saturated carbocycles. The van der Waals surface area contributed by atoms with Crippen LogP contribution in [-0.2, 0) is 9.36 Å². The molecule has 0 spiro atoms. The smallest absolute Gasteiger partial charge is 0.296 e. The maximum Gasteiger partial charge on any atom is 0.324 e. The Hall–Kier alpha value is -2.14. The first kappa shape index (κ1) is 21.6. The second-order valence-electron chi connectivity index (χ2n) is 6.57. The van der Waals surface area contributed by atoms with Crippen molar-refractivity contribution in [2.24, 2.45) is 0 Å². The minimum absolute atomic E-state index is 0.167. The summed E-state index contributed by atoms with van der Waals surface area (Å²) in [5, 5.41) is 3.45. The lowest BCUT2D eigenvalue weighted by molar-refractivity contribution is -0.144. The van der Waals surface area contributed by atoms with Gasteiger partial charge in [-0.2, -0.15) is 8.78 Å². The van der Waals surface area contributed by atoms with Crippen LogP contribution in [0.4, 0.5) is 8.78 Å². The van der Waals surface area contributed by atoms with Crippen LogP contribution >= 0.6 is 23.2 Å². The van der Waals surface area contributed by atoms with E-state index in [1.807, 2.05) is 0 Å². The van der Waals surface area contributed by atoms with Gasteiger partial charge in [0, 0.05) is 22.0 Å². The van der Waals surface area contributed by atoms with Crippen LogP contribution < -0.4 is 15.7 Å². The third-order valence-electron chi connectivity index (χ3n) is 4.59. The van der Waals surface area contributed by atoms with E-state index in [1.54, 1.807) is 72.8 Å². The van der Waals surface area contributed by atoms with Gasteiger partial charge in [0.25, 0.3) is 0 Å². The third kappa shape index (κ3) is 4.55. The van der Waals surface area contributed by atoms with Gasteiger partial charge in [-0.05, 0) is 42.0 Å². The largest absolute Gasteiger partial charge is 0.324 e. The fourth-order valence-corrected chi connectivity index (χ4v) is 5.70. The van der Waals surface area contributed by atoms with Crippen LogP contribution in [0, 0.1) is 0 Å². The Bertz CT molecular complexity index is 984. The number of ketones is 1. The van der Waals surface area contributed by atoms with E-state index in [1.165, 1.54) is 12.1 Å². The van der Waals surface area contributed by atoms with Crippen LogP contribution in [0.1, 0.15) is 18.5 Å². The highest BCUT2D eigenvalue weighted by Gasteiger charge is 2.48. The van der Waals surface area contributed by atoms with Gasteiger partial charge >= 0.3 is 5.92 Å². The zero-order valence-electron chi connectivity index (χ0n) is 15.6. The summed E-state index contributed by atoms with van der Waals surface area (Å²) in [6.45, 7) is 0.837. The van der Waals surface area contributed by atoms with Gasteiger partial charge in [-0.15, -0.1) is 0 Å². The Kier molecular flexibility index (Phi) is 6.47. The zero-order valence-corrected chi connectivity index (χ0v) is 18.0. The fraction of sp³-hybridized carbons (Fsp3) is 0.136. The molecule has 0 aromatic heterocycles. The number of alkyl halides is 2. The second-order valence-corrected chi connectivity index (χ2v) is 10.00. The predicted octanol–water partition coefficient (Wildman–Crippen LogP) is 5.23. The number of hydrogen-bond acceptors (Lipinski definition) is 2. The first-order chi connectivity index (χ1) is 13.7. The molecule has 7 heteroatoms. The molecular weight excluding hydrogens is 459 g/mol. The lowest BCUT2D eigenvalue weighted by atomic mass is 9.99. The van der Waals surface area contributed by atoms with Crippen molar-refractivity contribution in [2.75, 3.05) is 0 Å². The normalized spacial score (nSPS) is 13.1. The molecule has 29 heavy (non-hydrogen) atoms. The van der Waals surface area contributed by atoms with Crippen LogP contribution in [-0.4, -0.2) is 11.7 Å². The quantitative estimate of drug-likeness (QED) is 0.473. The molecule has 0 aliphatic carbocycles. The van der Waals surface area contributed by atoms with Crippen LogP contribution in [0.15, 0.2) is 89.4 Å². The van der Waals surface area contributed by atoms with Crippen LogP contribution in [0.2, 0.25) is 0 Å². The topological polar surface area (TPSA) is 46.2 Å². The summed E-state index contributed by atoms with van der Waals surface area (Å²) in [4.78, 5) is 11.8. The molecule has 0 heterocycles. The van der Waals surface area contributed by atoms with Gasteiger partial charge in [0.2, 0.25) is 13.1 Å². The van der Waals surface area contributed by atoms with Crippen molar-refractivity contribution in [2.45, 2.75) is 18.9 Å². The summed E-state index contributed by atoms with van der Waals surface area (Å²) >= 11 is 3.28. The molecule has 0 aliphatic rings. The van der Waals surface area contributed by atoms with Crippen molar-refractivity contribution in [1.29, 1.82) is 0 Å². The molecule has 1 unspecified atom stereocenters. The maximum absolute atomic E-state index is 15.0. The van der Waals surface area contributed by atoms with Gasteiger partial charge in [0.1, 0.15) is 6.04 Å². The molecule has 0 saturated heterocycles.